The first kappa shape index (κ1) is 21.4. The maximum Gasteiger partial charge on any atom is 0.303 e. The van der Waals surface area contributed by atoms with Crippen molar-refractivity contribution in [2.45, 2.75) is 45.4 Å². The summed E-state index contributed by atoms with van der Waals surface area (Å²) in [7, 11) is 0. The number of hydrogen-bond donors (Lipinski definition) is 1. The van der Waals surface area contributed by atoms with Gasteiger partial charge in [-0.2, -0.15) is 0 Å². The first-order chi connectivity index (χ1) is 14.2. The van der Waals surface area contributed by atoms with Crippen LogP contribution in [0.2, 0.25) is 0 Å². The number of esters is 3. The minimum absolute atomic E-state index is 0.0885. The molecular weight excluding hydrogens is 396 g/mol. The van der Waals surface area contributed by atoms with Gasteiger partial charge in [-0.05, 0) is 22.9 Å². The third-order valence-corrected chi connectivity index (χ3v) is 4.39. The molecule has 0 bridgehead atoms. The Labute approximate surface area is 172 Å². The minimum atomic E-state index is -1.22. The van der Waals surface area contributed by atoms with Gasteiger partial charge in [-0.1, -0.05) is 24.3 Å². The van der Waals surface area contributed by atoms with Crippen LogP contribution in [0.25, 0.3) is 10.8 Å². The number of carbonyl (C=O) groups excluding carboxylic acids is 3. The van der Waals surface area contributed by atoms with Crippen molar-refractivity contribution < 1.29 is 43.2 Å². The van der Waals surface area contributed by atoms with Crippen molar-refractivity contribution in [3.05, 3.63) is 36.4 Å². The highest BCUT2D eigenvalue weighted by molar-refractivity contribution is 5.85. The number of benzene rings is 2. The number of rotatable bonds is 6. The van der Waals surface area contributed by atoms with Crippen LogP contribution in [0.4, 0.5) is 0 Å². The predicted molar refractivity (Wildman–Crippen MR) is 103 cm³/mol. The second-order valence-corrected chi connectivity index (χ2v) is 6.78. The molecule has 2 aromatic rings. The van der Waals surface area contributed by atoms with Gasteiger partial charge in [-0.25, -0.2) is 0 Å². The van der Waals surface area contributed by atoms with Gasteiger partial charge in [0.15, 0.2) is 17.6 Å². The molecule has 2 aromatic carbocycles. The Morgan fingerprint density at radius 1 is 0.933 bits per heavy atom. The van der Waals surface area contributed by atoms with Crippen molar-refractivity contribution in [2.75, 3.05) is 6.61 Å². The van der Waals surface area contributed by atoms with Crippen molar-refractivity contribution in [1.82, 2.24) is 0 Å². The molecule has 1 N–H and O–H groups in total. The largest absolute Gasteiger partial charge is 0.504 e. The third kappa shape index (κ3) is 4.98. The Kier molecular flexibility index (Phi) is 6.41. The minimum Gasteiger partial charge on any atom is -0.504 e. The van der Waals surface area contributed by atoms with E-state index in [-0.39, 0.29) is 18.1 Å². The van der Waals surface area contributed by atoms with Gasteiger partial charge in [0.1, 0.15) is 12.7 Å². The molecular formula is C21H22O9. The van der Waals surface area contributed by atoms with Crippen LogP contribution >= 0.6 is 0 Å². The van der Waals surface area contributed by atoms with Gasteiger partial charge < -0.3 is 28.8 Å². The molecule has 1 saturated heterocycles. The van der Waals surface area contributed by atoms with Gasteiger partial charge in [-0.15, -0.1) is 0 Å². The molecule has 4 atom stereocenters. The zero-order valence-electron chi connectivity index (χ0n) is 16.7. The van der Waals surface area contributed by atoms with Crippen LogP contribution in [-0.4, -0.2) is 54.2 Å². The zero-order valence-corrected chi connectivity index (χ0v) is 16.7. The molecule has 1 unspecified atom stereocenters. The average molecular weight is 418 g/mol. The fourth-order valence-corrected chi connectivity index (χ4v) is 3.20. The first-order valence-corrected chi connectivity index (χ1v) is 9.26. The number of aromatic hydroxyl groups is 1. The lowest BCUT2D eigenvalue weighted by Gasteiger charge is -2.23. The van der Waals surface area contributed by atoms with E-state index in [2.05, 4.69) is 0 Å². The molecule has 9 nitrogen and oxygen atoms in total. The highest BCUT2D eigenvalue weighted by Crippen LogP contribution is 2.36. The molecule has 30 heavy (non-hydrogen) atoms. The lowest BCUT2D eigenvalue weighted by Crippen LogP contribution is -2.42. The van der Waals surface area contributed by atoms with E-state index in [0.717, 1.165) is 10.8 Å². The molecule has 160 valence electrons. The maximum atomic E-state index is 11.6. The molecule has 0 aromatic heterocycles. The number of phenolic OH excluding ortho intramolecular Hbond substituents is 1. The van der Waals surface area contributed by atoms with Crippen molar-refractivity contribution in [2.24, 2.45) is 0 Å². The van der Waals surface area contributed by atoms with Crippen molar-refractivity contribution in [1.29, 1.82) is 0 Å². The Morgan fingerprint density at radius 3 is 2.13 bits per heavy atom. The van der Waals surface area contributed by atoms with E-state index in [1.807, 2.05) is 24.3 Å². The molecule has 1 aliphatic rings. The van der Waals surface area contributed by atoms with E-state index >= 15 is 0 Å². The molecule has 0 saturated carbocycles. The van der Waals surface area contributed by atoms with Crippen molar-refractivity contribution >= 4 is 28.7 Å². The Balaban J connectivity index is 1.90. The van der Waals surface area contributed by atoms with E-state index in [9.17, 15) is 19.5 Å². The molecule has 0 aliphatic carbocycles. The quantitative estimate of drug-likeness (QED) is 0.556. The number of phenols is 1. The predicted octanol–water partition coefficient (Wildman–Crippen LogP) is 2.08. The number of carbonyl (C=O) groups is 3. The third-order valence-electron chi connectivity index (χ3n) is 4.39. The molecule has 0 radical (unpaired) electrons. The van der Waals surface area contributed by atoms with Crippen LogP contribution in [0.3, 0.4) is 0 Å². The van der Waals surface area contributed by atoms with E-state index in [1.54, 1.807) is 6.07 Å². The Bertz CT molecular complexity index is 955. The Morgan fingerprint density at radius 2 is 1.53 bits per heavy atom. The number of fused-ring (bicyclic) bond motifs is 1. The highest BCUT2D eigenvalue weighted by atomic mass is 16.7. The molecule has 3 rings (SSSR count). The lowest BCUT2D eigenvalue weighted by molar-refractivity contribution is -0.170. The van der Waals surface area contributed by atoms with Crippen LogP contribution < -0.4 is 4.74 Å². The van der Waals surface area contributed by atoms with E-state index < -0.39 is 42.5 Å². The summed E-state index contributed by atoms with van der Waals surface area (Å²) in [6, 6.07) is 10.5. The topological polar surface area (TPSA) is 118 Å². The second-order valence-electron chi connectivity index (χ2n) is 6.78. The van der Waals surface area contributed by atoms with Crippen LogP contribution in [0.5, 0.6) is 11.5 Å². The van der Waals surface area contributed by atoms with Gasteiger partial charge >= 0.3 is 17.9 Å². The van der Waals surface area contributed by atoms with Gasteiger partial charge in [0, 0.05) is 20.8 Å². The fourth-order valence-electron chi connectivity index (χ4n) is 3.20. The molecule has 1 heterocycles. The fraction of sp³-hybridized carbons (Fsp3) is 0.381. The number of ether oxygens (including phenoxy) is 5. The average Bonchev–Trinajstić information content (AvgIpc) is 2.96. The van der Waals surface area contributed by atoms with Crippen LogP contribution in [0.1, 0.15) is 20.8 Å². The van der Waals surface area contributed by atoms with Crippen LogP contribution in [0, 0.1) is 0 Å². The van der Waals surface area contributed by atoms with E-state index in [1.165, 1.54) is 26.8 Å². The number of hydrogen-bond acceptors (Lipinski definition) is 9. The van der Waals surface area contributed by atoms with Gasteiger partial charge in [-0.3, -0.25) is 14.4 Å². The maximum absolute atomic E-state index is 11.6. The zero-order chi connectivity index (χ0) is 21.8. The van der Waals surface area contributed by atoms with Crippen molar-refractivity contribution in [3.63, 3.8) is 0 Å². The monoisotopic (exact) mass is 418 g/mol. The SMILES string of the molecule is CC(=O)OC[C@H]1O[C@@H](Oc2cc3ccccc3cc2O)[C@@H](OC(C)=O)C1OC(C)=O. The summed E-state index contributed by atoms with van der Waals surface area (Å²) in [5, 5.41) is 12.0. The van der Waals surface area contributed by atoms with E-state index in [4.69, 9.17) is 23.7 Å². The van der Waals surface area contributed by atoms with Crippen LogP contribution in [0.15, 0.2) is 36.4 Å². The van der Waals surface area contributed by atoms with Gasteiger partial charge in [0.25, 0.3) is 0 Å². The first-order valence-electron chi connectivity index (χ1n) is 9.26. The molecule has 9 heteroatoms. The van der Waals surface area contributed by atoms with Gasteiger partial charge in [0.05, 0.1) is 0 Å². The summed E-state index contributed by atoms with van der Waals surface area (Å²) in [4.78, 5) is 34.4. The molecule has 1 fully saturated rings. The normalized spacial score (nSPS) is 23.0. The van der Waals surface area contributed by atoms with E-state index in [0.29, 0.717) is 0 Å². The molecule has 0 amide bonds. The summed E-state index contributed by atoms with van der Waals surface area (Å²) in [6.45, 7) is 3.36. The molecule has 0 spiro atoms. The standard InChI is InChI=1S/C21H22O9/c1-11(22)26-10-18-19(27-12(2)23)20(28-13(3)24)21(30-18)29-17-9-15-7-5-4-6-14(15)8-16(17)25/h4-9,18-21,25H,10H2,1-3H3/t18-,19?,20+,21-/m1/s1. The molecule has 1 aliphatic heterocycles. The second kappa shape index (κ2) is 9.00. The summed E-state index contributed by atoms with van der Waals surface area (Å²) >= 11 is 0. The summed E-state index contributed by atoms with van der Waals surface area (Å²) in [5.41, 5.74) is 0. The van der Waals surface area contributed by atoms with Crippen molar-refractivity contribution in [3.8, 4) is 11.5 Å². The summed E-state index contributed by atoms with van der Waals surface area (Å²) < 4.78 is 27.1. The van der Waals surface area contributed by atoms with Crippen LogP contribution in [-0.2, 0) is 33.3 Å². The van der Waals surface area contributed by atoms with Gasteiger partial charge in [0.2, 0.25) is 12.4 Å². The summed E-state index contributed by atoms with van der Waals surface area (Å²) in [5.74, 6) is -1.90. The Hall–Kier alpha value is -3.33. The summed E-state index contributed by atoms with van der Waals surface area (Å²) in [6.07, 6.45) is -4.36. The smallest absolute Gasteiger partial charge is 0.303 e. The lowest BCUT2D eigenvalue weighted by atomic mass is 10.1. The highest BCUT2D eigenvalue weighted by Gasteiger charge is 2.51.